The number of carbonyl (C=O) groups is 20. The molecule has 91 heavy (non-hydrogen) atoms. The van der Waals surface area contributed by atoms with Gasteiger partial charge in [-0.15, -0.1) is 0 Å². The summed E-state index contributed by atoms with van der Waals surface area (Å²) in [4.78, 5) is 245. The summed E-state index contributed by atoms with van der Waals surface area (Å²) in [6, 6.07) is 4.54. The molecule has 15 amide bonds. The van der Waals surface area contributed by atoms with Crippen molar-refractivity contribution in [2.24, 2.45) is 0 Å². The van der Waals surface area contributed by atoms with E-state index in [4.69, 9.17) is 0 Å². The molecule has 0 radical (unpaired) electrons. The molecule has 1 atom stereocenters. The molecule has 0 unspecified atom stereocenters. The van der Waals surface area contributed by atoms with Crippen LogP contribution in [0.3, 0.4) is 0 Å². The zero-order valence-electron chi connectivity index (χ0n) is 48.3. The molecule has 0 spiro atoms. The van der Waals surface area contributed by atoms with E-state index in [9.17, 15) is 121 Å². The van der Waals surface area contributed by atoms with E-state index in [-0.39, 0.29) is 35.2 Å². The summed E-state index contributed by atoms with van der Waals surface area (Å²) in [7, 11) is 0. The van der Waals surface area contributed by atoms with Crippen molar-refractivity contribution in [3.05, 3.63) is 29.8 Å². The summed E-state index contributed by atoms with van der Waals surface area (Å²) < 4.78 is -0.0791. The number of benzene rings is 1. The Balaban J connectivity index is 2.60. The fourth-order valence-corrected chi connectivity index (χ4v) is 7.32. The Hall–Kier alpha value is -10.6. The number of carbonyl (C=O) groups excluding carboxylic acids is 16. The summed E-state index contributed by atoms with van der Waals surface area (Å²) in [5.41, 5.74) is 0.543. The van der Waals surface area contributed by atoms with Crippen LogP contribution in [0.4, 0.5) is 0 Å². The van der Waals surface area contributed by atoms with Crippen LogP contribution in [0.25, 0.3) is 0 Å². The van der Waals surface area contributed by atoms with Crippen LogP contribution in [0, 0.1) is 0 Å². The van der Waals surface area contributed by atoms with Gasteiger partial charge in [0.25, 0.3) is 0 Å². The number of phenols is 1. The Morgan fingerprint density at radius 3 is 1.00 bits per heavy atom. The molecule has 0 fully saturated rings. The van der Waals surface area contributed by atoms with E-state index in [0.29, 0.717) is 38.0 Å². The molecular formula is C50H68IN15O25. The lowest BCUT2D eigenvalue weighted by Gasteiger charge is -2.22. The predicted molar refractivity (Wildman–Crippen MR) is 309 cm³/mol. The van der Waals surface area contributed by atoms with Crippen molar-refractivity contribution < 1.29 is 121 Å². The largest absolute Gasteiger partial charge is 0.508 e. The van der Waals surface area contributed by atoms with Crippen molar-refractivity contribution in [1.82, 2.24) is 78.1 Å². The van der Waals surface area contributed by atoms with Gasteiger partial charge < -0.3 is 104 Å². The fraction of sp³-hybridized carbons (Fsp3) is 0.480. The van der Waals surface area contributed by atoms with Crippen LogP contribution in [-0.2, 0) is 102 Å². The lowest BCUT2D eigenvalue weighted by Crippen LogP contribution is -2.51. The van der Waals surface area contributed by atoms with Crippen molar-refractivity contribution in [2.45, 2.75) is 38.1 Å². The number of nitrogens with zero attached hydrogens (tertiary/aromatic N) is 4. The standard InChI is InChI=1S/C50H68IN15O25/c51-32(69)3-1-2-4-33(70)54-12-34(71)57-18-44(81)65(26-48(87)88)22-40(77)55-13-35(72)58-16-42(79)63(24-46(83)84)20-38(75)52-9-10-53-39(76)21-64(25-47(85)86)43(80)17-59-36(73)14-56-41(78)23-66(27-49(89)90)45(82)19-60-37(74)15-61-50(91)31(62-28-67)11-29-5-7-30(68)8-6-29/h5-8,28,31,68H,1-4,9-27H2,(H,52,75)(H,53,76)(H,54,70)(H,55,77)(H,56,78)(H,57,71)(H,58,72)(H,59,73)(H,60,74)(H,61,91)(H,62,67)(H,83,84)(H,85,86)(H,87,88)(H,89,90)/t31-/m0/s1. The number of aliphatic carboxylic acids is 4. The van der Waals surface area contributed by atoms with Gasteiger partial charge >= 0.3 is 23.9 Å². The zero-order chi connectivity index (χ0) is 68.6. The van der Waals surface area contributed by atoms with Crippen molar-refractivity contribution in [1.29, 1.82) is 0 Å². The molecule has 0 saturated carbocycles. The van der Waals surface area contributed by atoms with Crippen LogP contribution in [0.1, 0.15) is 31.2 Å². The summed E-state index contributed by atoms with van der Waals surface area (Å²) in [5.74, 6) is -20.1. The van der Waals surface area contributed by atoms with Crippen molar-refractivity contribution in [3.63, 3.8) is 0 Å². The first kappa shape index (κ1) is 78.4. The molecule has 500 valence electrons. The number of hydrogen-bond acceptors (Lipinski definition) is 21. The minimum absolute atomic E-state index is 0.0255. The molecule has 0 heterocycles. The summed E-state index contributed by atoms with van der Waals surface area (Å²) in [6.45, 7) is -15.2. The van der Waals surface area contributed by atoms with E-state index in [0.717, 1.165) is 0 Å². The van der Waals surface area contributed by atoms with Crippen LogP contribution >= 0.6 is 22.6 Å². The quantitative estimate of drug-likeness (QED) is 0.0125. The molecule has 41 heteroatoms. The number of carboxylic acid groups (broad SMARTS) is 4. The zero-order valence-corrected chi connectivity index (χ0v) is 50.5. The van der Waals surface area contributed by atoms with E-state index in [2.05, 4.69) is 58.5 Å². The molecule has 1 aromatic carbocycles. The van der Waals surface area contributed by atoms with Gasteiger partial charge in [0.1, 0.15) is 64.1 Å². The highest BCUT2D eigenvalue weighted by Crippen LogP contribution is 2.11. The number of unbranched alkanes of at least 4 members (excludes halogenated alkanes) is 1. The molecule has 0 aliphatic carbocycles. The Bertz CT molecular complexity index is 2860. The van der Waals surface area contributed by atoms with Crippen molar-refractivity contribution in [3.8, 4) is 5.75 Å². The maximum absolute atomic E-state index is 12.9. The fourth-order valence-electron chi connectivity index (χ4n) is 6.94. The maximum Gasteiger partial charge on any atom is 0.323 e. The second-order valence-corrected chi connectivity index (χ2v) is 19.9. The van der Waals surface area contributed by atoms with Crippen LogP contribution in [0.15, 0.2) is 24.3 Å². The highest BCUT2D eigenvalue weighted by molar-refractivity contribution is 14.1. The lowest BCUT2D eigenvalue weighted by molar-refractivity contribution is -0.146. The molecular weight excluding hydrogens is 1340 g/mol. The third kappa shape index (κ3) is 37.6. The Labute approximate surface area is 528 Å². The first-order valence-corrected chi connectivity index (χ1v) is 27.8. The van der Waals surface area contributed by atoms with Gasteiger partial charge in [-0.25, -0.2) is 0 Å². The van der Waals surface area contributed by atoms with E-state index in [1.165, 1.54) is 24.3 Å². The lowest BCUT2D eigenvalue weighted by atomic mass is 10.1. The minimum Gasteiger partial charge on any atom is -0.508 e. The Kier molecular flexibility index (Phi) is 37.1. The third-order valence-corrected chi connectivity index (χ3v) is 11.9. The number of carboxylic acids is 4. The number of phenolic OH excluding ortho intramolecular Hbond substituents is 1. The average Bonchev–Trinajstić information content (AvgIpc) is 3.41. The molecule has 0 saturated heterocycles. The van der Waals surface area contributed by atoms with Crippen LogP contribution in [0.2, 0.25) is 0 Å². The SMILES string of the molecule is O=CN[C@@H](Cc1ccc(O)cc1)C(=O)NCC(=O)NCC(=O)N(CC(=O)O)CC(=O)NCC(=O)NCC(=O)N(CC(=O)O)CC(=O)NCCNC(=O)CN(CC(=O)O)C(=O)CNC(=O)CNC(=O)CN(CC(=O)O)C(=O)CNC(=O)CNC(=O)CCCCC(=O)I. The number of halogens is 1. The molecule has 16 N–H and O–H groups in total. The van der Waals surface area contributed by atoms with Gasteiger partial charge in [0.2, 0.25) is 89.1 Å². The second kappa shape index (κ2) is 43.1. The minimum atomic E-state index is -1.60. The van der Waals surface area contributed by atoms with E-state index < -0.39 is 230 Å². The van der Waals surface area contributed by atoms with Gasteiger partial charge in [0, 0.05) is 32.4 Å². The average molecular weight is 1410 g/mol. The van der Waals surface area contributed by atoms with E-state index in [1.54, 1.807) is 22.6 Å². The number of aromatic hydroxyl groups is 1. The predicted octanol–water partition coefficient (Wildman–Crippen LogP) is -10.6. The number of nitrogens with one attached hydrogen (secondary N) is 11. The van der Waals surface area contributed by atoms with Gasteiger partial charge in [0.15, 0.2) is 3.79 Å². The summed E-state index contributed by atoms with van der Waals surface area (Å²) >= 11 is 1.62. The maximum atomic E-state index is 12.9. The van der Waals surface area contributed by atoms with E-state index >= 15 is 0 Å². The number of amides is 15. The van der Waals surface area contributed by atoms with Gasteiger partial charge in [-0.2, -0.15) is 0 Å². The van der Waals surface area contributed by atoms with Crippen molar-refractivity contribution >= 4 is 139 Å². The van der Waals surface area contributed by atoms with Crippen LogP contribution in [0.5, 0.6) is 5.75 Å². The van der Waals surface area contributed by atoms with Crippen LogP contribution < -0.4 is 58.5 Å². The molecule has 0 aliphatic heterocycles. The second-order valence-electron chi connectivity index (χ2n) is 18.7. The first-order chi connectivity index (χ1) is 42.9. The van der Waals surface area contributed by atoms with Gasteiger partial charge in [0.05, 0.1) is 52.4 Å². The normalized spacial score (nSPS) is 10.6. The third-order valence-electron chi connectivity index (χ3n) is 11.3. The molecule has 0 aliphatic rings. The molecule has 1 aromatic rings. The van der Waals surface area contributed by atoms with Gasteiger partial charge in [-0.1, -0.05) is 12.1 Å². The number of rotatable bonds is 45. The van der Waals surface area contributed by atoms with Gasteiger partial charge in [-0.3, -0.25) is 95.9 Å². The van der Waals surface area contributed by atoms with E-state index in [1.807, 2.05) is 0 Å². The highest BCUT2D eigenvalue weighted by atomic mass is 127. The highest BCUT2D eigenvalue weighted by Gasteiger charge is 2.26. The smallest absolute Gasteiger partial charge is 0.323 e. The topological polar surface area (TPSA) is 588 Å². The van der Waals surface area contributed by atoms with Gasteiger partial charge in [-0.05, 0) is 53.1 Å². The Morgan fingerprint density at radius 1 is 0.385 bits per heavy atom. The van der Waals surface area contributed by atoms with Crippen LogP contribution in [-0.4, -0.2) is 286 Å². The molecule has 1 rings (SSSR count). The monoisotopic (exact) mass is 1410 g/mol. The molecule has 0 bridgehead atoms. The Morgan fingerprint density at radius 2 is 0.681 bits per heavy atom. The summed E-state index contributed by atoms with van der Waals surface area (Å²) in [6.07, 6.45) is 1.36. The molecule has 0 aromatic heterocycles. The molecule has 40 nitrogen and oxygen atoms in total. The summed E-state index contributed by atoms with van der Waals surface area (Å²) in [5, 5.41) is 70.5. The number of hydrogen-bond donors (Lipinski definition) is 16. The van der Waals surface area contributed by atoms with Crippen molar-refractivity contribution in [2.75, 3.05) is 118 Å². The first-order valence-electron chi connectivity index (χ1n) is 26.7.